The summed E-state index contributed by atoms with van der Waals surface area (Å²) in [7, 11) is 1.79. The number of ether oxygens (including phenoxy) is 1. The Labute approximate surface area is 129 Å². The predicted octanol–water partition coefficient (Wildman–Crippen LogP) is 2.71. The average Bonchev–Trinajstić information content (AvgIpc) is 2.47. The predicted molar refractivity (Wildman–Crippen MR) is 88.7 cm³/mol. The maximum Gasteiger partial charge on any atom is 0.0477 e. The van der Waals surface area contributed by atoms with Gasteiger partial charge in [-0.15, -0.1) is 0 Å². The number of hydrogen-bond acceptors (Lipinski definition) is 3. The van der Waals surface area contributed by atoms with Gasteiger partial charge in [-0.1, -0.05) is 30.3 Å². The van der Waals surface area contributed by atoms with Crippen molar-refractivity contribution in [3.63, 3.8) is 0 Å². The first-order chi connectivity index (χ1) is 10.0. The molecule has 0 bridgehead atoms. The maximum absolute atomic E-state index is 5.25. The molecule has 1 aliphatic heterocycles. The zero-order valence-corrected chi connectivity index (χ0v) is 13.9. The summed E-state index contributed by atoms with van der Waals surface area (Å²) in [4.78, 5) is 2.65. The van der Waals surface area contributed by atoms with Crippen LogP contribution in [0.15, 0.2) is 30.3 Å². The second-order valence-corrected chi connectivity index (χ2v) is 6.86. The average molecular weight is 290 g/mol. The molecular weight excluding hydrogens is 260 g/mol. The van der Waals surface area contributed by atoms with Gasteiger partial charge < -0.3 is 10.1 Å². The van der Waals surface area contributed by atoms with Gasteiger partial charge in [-0.25, -0.2) is 0 Å². The molecule has 1 N–H and O–H groups in total. The number of piperazine rings is 1. The summed E-state index contributed by atoms with van der Waals surface area (Å²) in [6.07, 6.45) is 2.20. The summed E-state index contributed by atoms with van der Waals surface area (Å²) in [5, 5.41) is 3.73. The van der Waals surface area contributed by atoms with E-state index in [2.05, 4.69) is 61.3 Å². The fourth-order valence-electron chi connectivity index (χ4n) is 3.30. The first-order valence-electron chi connectivity index (χ1n) is 8.06. The lowest BCUT2D eigenvalue weighted by atomic mass is 9.92. The molecule has 1 heterocycles. The van der Waals surface area contributed by atoms with Crippen molar-refractivity contribution in [1.82, 2.24) is 10.2 Å². The van der Waals surface area contributed by atoms with E-state index >= 15 is 0 Å². The number of nitrogens with zero attached hydrogens (tertiary/aromatic N) is 1. The molecule has 1 aliphatic rings. The summed E-state index contributed by atoms with van der Waals surface area (Å²) in [6, 6.07) is 11.9. The first-order valence-corrected chi connectivity index (χ1v) is 8.06. The molecule has 0 aliphatic carbocycles. The lowest BCUT2D eigenvalue weighted by molar-refractivity contribution is 0.0191. The van der Waals surface area contributed by atoms with Gasteiger partial charge in [0, 0.05) is 44.4 Å². The molecule has 1 aromatic rings. The first kappa shape index (κ1) is 16.5. The van der Waals surface area contributed by atoms with Crippen LogP contribution in [0.5, 0.6) is 0 Å². The molecule has 2 atom stereocenters. The van der Waals surface area contributed by atoms with Crippen molar-refractivity contribution in [2.75, 3.05) is 26.8 Å². The summed E-state index contributed by atoms with van der Waals surface area (Å²) in [5.74, 6) is 0. The highest BCUT2D eigenvalue weighted by molar-refractivity contribution is 5.16. The Bertz CT molecular complexity index is 418. The Balaban J connectivity index is 1.98. The number of rotatable bonds is 6. The van der Waals surface area contributed by atoms with E-state index in [4.69, 9.17) is 4.74 Å². The summed E-state index contributed by atoms with van der Waals surface area (Å²) >= 11 is 0. The van der Waals surface area contributed by atoms with Crippen LogP contribution in [-0.2, 0) is 11.2 Å². The van der Waals surface area contributed by atoms with Crippen molar-refractivity contribution in [2.45, 2.75) is 51.2 Å². The molecule has 0 radical (unpaired) electrons. The van der Waals surface area contributed by atoms with Crippen LogP contribution in [0.4, 0.5) is 0 Å². The van der Waals surface area contributed by atoms with E-state index in [9.17, 15) is 0 Å². The Morgan fingerprint density at radius 1 is 1.33 bits per heavy atom. The van der Waals surface area contributed by atoms with Gasteiger partial charge in [0.2, 0.25) is 0 Å². The second kappa shape index (κ2) is 7.39. The molecule has 0 spiro atoms. The lowest BCUT2D eigenvalue weighted by Gasteiger charge is -2.49. The van der Waals surface area contributed by atoms with Crippen LogP contribution >= 0.6 is 0 Å². The minimum atomic E-state index is 0.209. The van der Waals surface area contributed by atoms with Crippen molar-refractivity contribution < 1.29 is 4.74 Å². The highest BCUT2D eigenvalue weighted by Gasteiger charge is 2.36. The van der Waals surface area contributed by atoms with Crippen LogP contribution in [0.2, 0.25) is 0 Å². The van der Waals surface area contributed by atoms with Crippen molar-refractivity contribution in [3.8, 4) is 0 Å². The van der Waals surface area contributed by atoms with Gasteiger partial charge in [0.15, 0.2) is 0 Å². The fourth-order valence-corrected chi connectivity index (χ4v) is 3.30. The molecule has 21 heavy (non-hydrogen) atoms. The minimum absolute atomic E-state index is 0.209. The largest absolute Gasteiger partial charge is 0.385 e. The molecule has 0 amide bonds. The zero-order chi connectivity index (χ0) is 15.3. The number of hydrogen-bond donors (Lipinski definition) is 1. The van der Waals surface area contributed by atoms with Crippen LogP contribution < -0.4 is 5.32 Å². The lowest BCUT2D eigenvalue weighted by Crippen LogP contribution is -2.64. The second-order valence-electron chi connectivity index (χ2n) is 6.86. The van der Waals surface area contributed by atoms with E-state index in [0.717, 1.165) is 32.5 Å². The summed E-state index contributed by atoms with van der Waals surface area (Å²) in [5.41, 5.74) is 1.62. The third-order valence-electron chi connectivity index (χ3n) is 4.61. The van der Waals surface area contributed by atoms with Crippen molar-refractivity contribution in [2.24, 2.45) is 0 Å². The summed E-state index contributed by atoms with van der Waals surface area (Å²) < 4.78 is 5.25. The Morgan fingerprint density at radius 2 is 2.05 bits per heavy atom. The topological polar surface area (TPSA) is 24.5 Å². The molecule has 1 fully saturated rings. The van der Waals surface area contributed by atoms with Crippen LogP contribution in [-0.4, -0.2) is 49.3 Å². The van der Waals surface area contributed by atoms with E-state index in [-0.39, 0.29) is 5.54 Å². The molecular formula is C18H30N2O. The van der Waals surface area contributed by atoms with Crippen LogP contribution in [0.25, 0.3) is 0 Å². The van der Waals surface area contributed by atoms with Gasteiger partial charge in [-0.2, -0.15) is 0 Å². The quantitative estimate of drug-likeness (QED) is 0.872. The van der Waals surface area contributed by atoms with Crippen molar-refractivity contribution >= 4 is 0 Å². The molecule has 0 saturated carbocycles. The maximum atomic E-state index is 5.25. The normalized spacial score (nSPS) is 23.9. The summed E-state index contributed by atoms with van der Waals surface area (Å²) in [6.45, 7) is 9.98. The number of benzene rings is 1. The monoisotopic (exact) mass is 290 g/mol. The third-order valence-corrected chi connectivity index (χ3v) is 4.61. The van der Waals surface area contributed by atoms with E-state index in [1.54, 1.807) is 7.11 Å². The smallest absolute Gasteiger partial charge is 0.0477 e. The third kappa shape index (κ3) is 4.53. The van der Waals surface area contributed by atoms with E-state index in [1.165, 1.54) is 5.56 Å². The van der Waals surface area contributed by atoms with Gasteiger partial charge in [-0.3, -0.25) is 4.90 Å². The van der Waals surface area contributed by atoms with Gasteiger partial charge >= 0.3 is 0 Å². The number of nitrogens with one attached hydrogen (secondary N) is 1. The van der Waals surface area contributed by atoms with Crippen LogP contribution in [0, 0.1) is 0 Å². The SMILES string of the molecule is COCCC(C)N1CC(Cc2ccccc2)NCC1(C)C. The Hall–Kier alpha value is -0.900. The van der Waals surface area contributed by atoms with E-state index < -0.39 is 0 Å². The highest BCUT2D eigenvalue weighted by Crippen LogP contribution is 2.24. The molecule has 118 valence electrons. The molecule has 3 nitrogen and oxygen atoms in total. The van der Waals surface area contributed by atoms with Crippen molar-refractivity contribution in [3.05, 3.63) is 35.9 Å². The highest BCUT2D eigenvalue weighted by atomic mass is 16.5. The van der Waals surface area contributed by atoms with E-state index in [0.29, 0.717) is 12.1 Å². The minimum Gasteiger partial charge on any atom is -0.385 e. The molecule has 3 heteroatoms. The molecule has 0 aromatic heterocycles. The van der Waals surface area contributed by atoms with Crippen LogP contribution in [0.1, 0.15) is 32.8 Å². The Kier molecular flexibility index (Phi) is 5.80. The Morgan fingerprint density at radius 3 is 2.71 bits per heavy atom. The molecule has 2 unspecified atom stereocenters. The fraction of sp³-hybridized carbons (Fsp3) is 0.667. The van der Waals surface area contributed by atoms with Gasteiger partial charge in [0.05, 0.1) is 0 Å². The number of methoxy groups -OCH3 is 1. The van der Waals surface area contributed by atoms with Gasteiger partial charge in [0.1, 0.15) is 0 Å². The van der Waals surface area contributed by atoms with Gasteiger partial charge in [-0.05, 0) is 39.2 Å². The molecule has 1 saturated heterocycles. The zero-order valence-electron chi connectivity index (χ0n) is 13.9. The van der Waals surface area contributed by atoms with Crippen LogP contribution in [0.3, 0.4) is 0 Å². The standard InChI is InChI=1S/C18H30N2O/c1-15(10-11-21-4)20-13-17(19-14-18(20,2)3)12-16-8-6-5-7-9-16/h5-9,15,17,19H,10-14H2,1-4H3. The van der Waals surface area contributed by atoms with Gasteiger partial charge in [0.25, 0.3) is 0 Å². The van der Waals surface area contributed by atoms with Crippen molar-refractivity contribution in [1.29, 1.82) is 0 Å². The molecule has 1 aromatic carbocycles. The van der Waals surface area contributed by atoms with E-state index in [1.807, 2.05) is 0 Å². The molecule has 2 rings (SSSR count).